The maximum atomic E-state index is 11.7. The van der Waals surface area contributed by atoms with E-state index < -0.39 is 0 Å². The summed E-state index contributed by atoms with van der Waals surface area (Å²) in [5, 5.41) is 11.8. The van der Waals surface area contributed by atoms with Crippen LogP contribution in [0.15, 0.2) is 0 Å². The molecule has 0 aliphatic heterocycles. The summed E-state index contributed by atoms with van der Waals surface area (Å²) in [6, 6.07) is 0.178. The van der Waals surface area contributed by atoms with Gasteiger partial charge in [0.15, 0.2) is 0 Å². The number of rotatable bonds is 7. The lowest BCUT2D eigenvalue weighted by atomic mass is 9.96. The first kappa shape index (κ1) is 16.4. The highest BCUT2D eigenvalue weighted by molar-refractivity contribution is 5.78. The molecule has 0 bridgehead atoms. The summed E-state index contributed by atoms with van der Waals surface area (Å²) in [5.74, 6) is 0.0576. The lowest BCUT2D eigenvalue weighted by Gasteiger charge is -2.29. The van der Waals surface area contributed by atoms with Crippen LogP contribution in [0.2, 0.25) is 0 Å². The van der Waals surface area contributed by atoms with Crippen molar-refractivity contribution < 1.29 is 9.90 Å². The Kier molecular flexibility index (Phi) is 7.39. The average Bonchev–Trinajstić information content (AvgIpc) is 2.10. The van der Waals surface area contributed by atoms with Gasteiger partial charge in [0.1, 0.15) is 0 Å². The van der Waals surface area contributed by atoms with Gasteiger partial charge in [0, 0.05) is 25.7 Å². The Hall–Kier alpha value is -0.610. The van der Waals surface area contributed by atoms with Gasteiger partial charge in [-0.25, -0.2) is 0 Å². The van der Waals surface area contributed by atoms with Crippen molar-refractivity contribution in [2.75, 3.05) is 26.2 Å². The summed E-state index contributed by atoms with van der Waals surface area (Å²) in [7, 11) is 0. The van der Waals surface area contributed by atoms with Crippen molar-refractivity contribution in [1.82, 2.24) is 10.2 Å². The molecule has 0 radical (unpaired) electrons. The quantitative estimate of drug-likeness (QED) is 0.708. The predicted octanol–water partition coefficient (Wildman–Crippen LogP) is 1.24. The molecule has 0 fully saturated rings. The normalized spacial score (nSPS) is 12.2. The van der Waals surface area contributed by atoms with Gasteiger partial charge in [-0.15, -0.1) is 0 Å². The number of aliphatic hydroxyl groups excluding tert-OH is 1. The fourth-order valence-corrected chi connectivity index (χ4v) is 1.75. The molecule has 0 atom stereocenters. The van der Waals surface area contributed by atoms with E-state index in [0.29, 0.717) is 13.0 Å². The number of nitrogens with zero attached hydrogens (tertiary/aromatic N) is 1. The van der Waals surface area contributed by atoms with E-state index in [-0.39, 0.29) is 24.0 Å². The molecule has 17 heavy (non-hydrogen) atoms. The second-order valence-electron chi connectivity index (χ2n) is 6.07. The van der Waals surface area contributed by atoms with Crippen molar-refractivity contribution in [3.05, 3.63) is 0 Å². The molecule has 0 saturated heterocycles. The van der Waals surface area contributed by atoms with Gasteiger partial charge in [-0.1, -0.05) is 20.8 Å². The van der Waals surface area contributed by atoms with Crippen LogP contribution >= 0.6 is 0 Å². The largest absolute Gasteiger partial charge is 0.396 e. The SMILES string of the molecule is CC(C)NC(=O)CN(CCCO)CC(C)(C)C. The van der Waals surface area contributed by atoms with Crippen LogP contribution in [-0.2, 0) is 4.79 Å². The zero-order valence-electron chi connectivity index (χ0n) is 11.9. The molecule has 2 N–H and O–H groups in total. The molecule has 0 aromatic carbocycles. The zero-order valence-corrected chi connectivity index (χ0v) is 11.9. The molecule has 0 saturated carbocycles. The van der Waals surface area contributed by atoms with Crippen LogP contribution in [0.25, 0.3) is 0 Å². The van der Waals surface area contributed by atoms with Crippen LogP contribution in [0.3, 0.4) is 0 Å². The number of carbonyl (C=O) groups excluding carboxylic acids is 1. The van der Waals surface area contributed by atoms with E-state index in [4.69, 9.17) is 5.11 Å². The van der Waals surface area contributed by atoms with Gasteiger partial charge in [0.05, 0.1) is 6.54 Å². The molecule has 0 unspecified atom stereocenters. The summed E-state index contributed by atoms with van der Waals surface area (Å²) in [4.78, 5) is 13.8. The Morgan fingerprint density at radius 1 is 1.35 bits per heavy atom. The fourth-order valence-electron chi connectivity index (χ4n) is 1.75. The van der Waals surface area contributed by atoms with E-state index in [1.54, 1.807) is 0 Å². The molecule has 4 heteroatoms. The molecular formula is C13H28N2O2. The molecule has 102 valence electrons. The maximum Gasteiger partial charge on any atom is 0.234 e. The first-order valence-corrected chi connectivity index (χ1v) is 6.37. The Balaban J connectivity index is 4.22. The topological polar surface area (TPSA) is 52.6 Å². The Morgan fingerprint density at radius 3 is 2.35 bits per heavy atom. The minimum atomic E-state index is 0.0576. The minimum Gasteiger partial charge on any atom is -0.396 e. The van der Waals surface area contributed by atoms with Crippen LogP contribution in [0.1, 0.15) is 41.0 Å². The number of amides is 1. The van der Waals surface area contributed by atoms with E-state index in [9.17, 15) is 4.79 Å². The second kappa shape index (κ2) is 7.67. The smallest absolute Gasteiger partial charge is 0.234 e. The third-order valence-corrected chi connectivity index (χ3v) is 2.15. The molecule has 0 aliphatic rings. The lowest BCUT2D eigenvalue weighted by molar-refractivity contribution is -0.123. The highest BCUT2D eigenvalue weighted by Crippen LogP contribution is 2.15. The number of carbonyl (C=O) groups is 1. The number of nitrogens with one attached hydrogen (secondary N) is 1. The van der Waals surface area contributed by atoms with Gasteiger partial charge in [-0.05, 0) is 25.7 Å². The first-order valence-electron chi connectivity index (χ1n) is 6.37. The summed E-state index contributed by atoms with van der Waals surface area (Å²) in [6.45, 7) is 12.6. The molecule has 4 nitrogen and oxygen atoms in total. The Morgan fingerprint density at radius 2 is 1.94 bits per heavy atom. The van der Waals surface area contributed by atoms with Gasteiger partial charge < -0.3 is 10.4 Å². The Bertz CT molecular complexity index is 222. The number of hydrogen-bond acceptors (Lipinski definition) is 3. The van der Waals surface area contributed by atoms with Crippen LogP contribution in [0.4, 0.5) is 0 Å². The van der Waals surface area contributed by atoms with E-state index in [1.807, 2.05) is 13.8 Å². The van der Waals surface area contributed by atoms with Crippen molar-refractivity contribution in [3.8, 4) is 0 Å². The van der Waals surface area contributed by atoms with Crippen LogP contribution in [-0.4, -0.2) is 48.2 Å². The molecule has 0 aromatic heterocycles. The molecule has 0 aliphatic carbocycles. The fraction of sp³-hybridized carbons (Fsp3) is 0.923. The van der Waals surface area contributed by atoms with Gasteiger partial charge >= 0.3 is 0 Å². The molecule has 0 rings (SSSR count). The number of aliphatic hydroxyl groups is 1. The van der Waals surface area contributed by atoms with Gasteiger partial charge in [0.2, 0.25) is 5.91 Å². The van der Waals surface area contributed by atoms with Crippen molar-refractivity contribution >= 4 is 5.91 Å². The standard InChI is InChI=1S/C13H28N2O2/c1-11(2)14-12(17)9-15(7-6-8-16)10-13(3,4)5/h11,16H,6-10H2,1-5H3,(H,14,17). The third kappa shape index (κ3) is 10.3. The highest BCUT2D eigenvalue weighted by atomic mass is 16.3. The third-order valence-electron chi connectivity index (χ3n) is 2.15. The molecular weight excluding hydrogens is 216 g/mol. The van der Waals surface area contributed by atoms with Crippen molar-refractivity contribution in [1.29, 1.82) is 0 Å². The minimum absolute atomic E-state index is 0.0576. The van der Waals surface area contributed by atoms with E-state index >= 15 is 0 Å². The molecule has 0 aromatic rings. The second-order valence-corrected chi connectivity index (χ2v) is 6.07. The van der Waals surface area contributed by atoms with E-state index in [0.717, 1.165) is 13.1 Å². The van der Waals surface area contributed by atoms with Gasteiger partial charge in [0.25, 0.3) is 0 Å². The molecule has 0 heterocycles. The van der Waals surface area contributed by atoms with Crippen LogP contribution in [0, 0.1) is 5.41 Å². The summed E-state index contributed by atoms with van der Waals surface area (Å²) in [5.41, 5.74) is 0.160. The number of hydrogen-bond donors (Lipinski definition) is 2. The van der Waals surface area contributed by atoms with Crippen molar-refractivity contribution in [2.45, 2.75) is 47.1 Å². The van der Waals surface area contributed by atoms with Crippen molar-refractivity contribution in [3.63, 3.8) is 0 Å². The summed E-state index contributed by atoms with van der Waals surface area (Å²) in [6.07, 6.45) is 0.713. The van der Waals surface area contributed by atoms with Gasteiger partial charge in [-0.3, -0.25) is 9.69 Å². The van der Waals surface area contributed by atoms with E-state index in [1.165, 1.54) is 0 Å². The maximum absolute atomic E-state index is 11.7. The van der Waals surface area contributed by atoms with Crippen LogP contribution < -0.4 is 5.32 Å². The van der Waals surface area contributed by atoms with Crippen molar-refractivity contribution in [2.24, 2.45) is 5.41 Å². The average molecular weight is 244 g/mol. The molecule has 0 spiro atoms. The predicted molar refractivity (Wildman–Crippen MR) is 70.9 cm³/mol. The first-order chi connectivity index (χ1) is 7.74. The summed E-state index contributed by atoms with van der Waals surface area (Å²) < 4.78 is 0. The monoisotopic (exact) mass is 244 g/mol. The Labute approximate surface area is 105 Å². The van der Waals surface area contributed by atoms with E-state index in [2.05, 4.69) is 31.0 Å². The zero-order chi connectivity index (χ0) is 13.5. The van der Waals surface area contributed by atoms with Crippen LogP contribution in [0.5, 0.6) is 0 Å². The summed E-state index contributed by atoms with van der Waals surface area (Å²) >= 11 is 0. The highest BCUT2D eigenvalue weighted by Gasteiger charge is 2.18. The molecule has 1 amide bonds. The van der Waals surface area contributed by atoms with Gasteiger partial charge in [-0.2, -0.15) is 0 Å². The lowest BCUT2D eigenvalue weighted by Crippen LogP contribution is -2.43.